The lowest BCUT2D eigenvalue weighted by Crippen LogP contribution is -2.20. The molecular weight excluding hydrogens is 158 g/mol. The van der Waals surface area contributed by atoms with Crippen molar-refractivity contribution in [1.29, 1.82) is 0 Å². The van der Waals surface area contributed by atoms with Crippen molar-refractivity contribution in [2.45, 2.75) is 46.0 Å². The Kier molecular flexibility index (Phi) is 3.07. The highest BCUT2D eigenvalue weighted by molar-refractivity contribution is 5.29. The third kappa shape index (κ3) is 1.90. The van der Waals surface area contributed by atoms with Crippen molar-refractivity contribution in [3.05, 3.63) is 29.6 Å². The zero-order valence-electron chi connectivity index (χ0n) is 9.09. The highest BCUT2D eigenvalue weighted by atomic mass is 14.6. The molecule has 0 bridgehead atoms. The second-order valence-electron chi connectivity index (χ2n) is 3.96. The summed E-state index contributed by atoms with van der Waals surface area (Å²) in [5, 5.41) is 0. The van der Waals surface area contributed by atoms with Crippen molar-refractivity contribution in [3.8, 4) is 0 Å². The van der Waals surface area contributed by atoms with Crippen LogP contribution in [-0.2, 0) is 5.41 Å². The van der Waals surface area contributed by atoms with E-state index < -0.39 is 0 Å². The molecule has 1 aromatic rings. The summed E-state index contributed by atoms with van der Waals surface area (Å²) >= 11 is 0. The van der Waals surface area contributed by atoms with E-state index in [1.165, 1.54) is 24.0 Å². The lowest BCUT2D eigenvalue weighted by molar-refractivity contribution is 0.436. The fourth-order valence-electron chi connectivity index (χ4n) is 1.78. The van der Waals surface area contributed by atoms with Crippen LogP contribution in [0.2, 0.25) is 0 Å². The molecule has 13 heavy (non-hydrogen) atoms. The van der Waals surface area contributed by atoms with Crippen molar-refractivity contribution < 1.29 is 0 Å². The third-order valence-corrected chi connectivity index (χ3v) is 3.23. The molecule has 1 heteroatoms. The number of aromatic nitrogens is 1. The predicted molar refractivity (Wildman–Crippen MR) is 56.9 cm³/mol. The summed E-state index contributed by atoms with van der Waals surface area (Å²) in [6.45, 7) is 8.98. The monoisotopic (exact) mass is 177 g/mol. The number of rotatable bonds is 3. The van der Waals surface area contributed by atoms with E-state index in [2.05, 4.69) is 38.7 Å². The molecule has 0 saturated heterocycles. The van der Waals surface area contributed by atoms with Gasteiger partial charge >= 0.3 is 0 Å². The molecular formula is C12H19N. The van der Waals surface area contributed by atoms with Gasteiger partial charge in [0.05, 0.1) is 0 Å². The molecule has 0 fully saturated rings. The van der Waals surface area contributed by atoms with Crippen LogP contribution < -0.4 is 0 Å². The average Bonchev–Trinajstić information content (AvgIpc) is 2.17. The molecule has 0 saturated carbocycles. The molecule has 1 rings (SSSR count). The maximum absolute atomic E-state index is 4.13. The first kappa shape index (κ1) is 10.2. The Morgan fingerprint density at radius 3 is 2.38 bits per heavy atom. The second kappa shape index (κ2) is 3.91. The summed E-state index contributed by atoms with van der Waals surface area (Å²) in [4.78, 5) is 4.13. The van der Waals surface area contributed by atoms with Crippen LogP contribution in [0.3, 0.4) is 0 Å². The van der Waals surface area contributed by atoms with E-state index >= 15 is 0 Å². The minimum atomic E-state index is 0.326. The molecule has 0 aliphatic heterocycles. The van der Waals surface area contributed by atoms with Gasteiger partial charge in [-0.1, -0.05) is 20.8 Å². The van der Waals surface area contributed by atoms with Gasteiger partial charge in [-0.05, 0) is 42.4 Å². The van der Waals surface area contributed by atoms with E-state index in [1.807, 2.05) is 12.4 Å². The van der Waals surface area contributed by atoms with Gasteiger partial charge < -0.3 is 0 Å². The molecule has 0 radical (unpaired) electrons. The van der Waals surface area contributed by atoms with Crippen LogP contribution in [-0.4, -0.2) is 4.98 Å². The molecule has 1 nitrogen and oxygen atoms in total. The van der Waals surface area contributed by atoms with Crippen molar-refractivity contribution in [2.75, 3.05) is 0 Å². The number of hydrogen-bond donors (Lipinski definition) is 0. The molecule has 0 N–H and O–H groups in total. The molecule has 0 unspecified atom stereocenters. The number of pyridine rings is 1. The van der Waals surface area contributed by atoms with E-state index in [9.17, 15) is 0 Å². The Morgan fingerprint density at radius 1 is 1.31 bits per heavy atom. The fourth-order valence-corrected chi connectivity index (χ4v) is 1.78. The molecule has 0 aromatic carbocycles. The number of nitrogens with zero attached hydrogens (tertiary/aromatic N) is 1. The van der Waals surface area contributed by atoms with Crippen molar-refractivity contribution in [2.24, 2.45) is 0 Å². The van der Waals surface area contributed by atoms with E-state index in [-0.39, 0.29) is 0 Å². The van der Waals surface area contributed by atoms with Gasteiger partial charge in [0, 0.05) is 12.4 Å². The Hall–Kier alpha value is -0.850. The fraction of sp³-hybridized carbons (Fsp3) is 0.583. The minimum absolute atomic E-state index is 0.326. The first-order chi connectivity index (χ1) is 6.14. The summed E-state index contributed by atoms with van der Waals surface area (Å²) in [5.74, 6) is 0. The number of aryl methyl sites for hydroxylation is 1. The first-order valence-electron chi connectivity index (χ1n) is 5.05. The van der Waals surface area contributed by atoms with Gasteiger partial charge in [-0.15, -0.1) is 0 Å². The average molecular weight is 177 g/mol. The van der Waals surface area contributed by atoms with Gasteiger partial charge in [0.15, 0.2) is 0 Å². The van der Waals surface area contributed by atoms with Crippen molar-refractivity contribution >= 4 is 0 Å². The topological polar surface area (TPSA) is 12.9 Å². The molecule has 0 aliphatic carbocycles. The Labute approximate surface area is 81.2 Å². The maximum Gasteiger partial charge on any atom is 0.0299 e. The van der Waals surface area contributed by atoms with Crippen LogP contribution in [0.1, 0.15) is 44.7 Å². The van der Waals surface area contributed by atoms with Gasteiger partial charge in [0.2, 0.25) is 0 Å². The summed E-state index contributed by atoms with van der Waals surface area (Å²) in [7, 11) is 0. The SMILES string of the molecule is CCC(C)(CC)c1ccncc1C. The van der Waals surface area contributed by atoms with E-state index in [4.69, 9.17) is 0 Å². The molecule has 0 aliphatic rings. The van der Waals surface area contributed by atoms with E-state index in [0.717, 1.165) is 0 Å². The first-order valence-corrected chi connectivity index (χ1v) is 5.05. The van der Waals surface area contributed by atoms with Crippen LogP contribution in [0, 0.1) is 6.92 Å². The molecule has 72 valence electrons. The Morgan fingerprint density at radius 2 is 1.92 bits per heavy atom. The Bertz CT molecular complexity index is 274. The summed E-state index contributed by atoms with van der Waals surface area (Å²) in [5.41, 5.74) is 3.09. The van der Waals surface area contributed by atoms with E-state index in [0.29, 0.717) is 5.41 Å². The number of hydrogen-bond acceptors (Lipinski definition) is 1. The molecule has 0 atom stereocenters. The molecule has 0 spiro atoms. The van der Waals surface area contributed by atoms with Gasteiger partial charge in [0.25, 0.3) is 0 Å². The zero-order chi connectivity index (χ0) is 9.90. The summed E-state index contributed by atoms with van der Waals surface area (Å²) < 4.78 is 0. The van der Waals surface area contributed by atoms with Gasteiger partial charge in [-0.2, -0.15) is 0 Å². The van der Waals surface area contributed by atoms with Crippen LogP contribution in [0.5, 0.6) is 0 Å². The molecule has 0 amide bonds. The maximum atomic E-state index is 4.13. The highest BCUT2D eigenvalue weighted by Gasteiger charge is 2.23. The quantitative estimate of drug-likeness (QED) is 0.689. The smallest absolute Gasteiger partial charge is 0.0299 e. The molecule has 1 heterocycles. The standard InChI is InChI=1S/C12H19N/c1-5-12(4,6-2)11-7-8-13-9-10(11)3/h7-9H,5-6H2,1-4H3. The minimum Gasteiger partial charge on any atom is -0.264 e. The van der Waals surface area contributed by atoms with Gasteiger partial charge in [-0.3, -0.25) is 4.98 Å². The normalized spacial score (nSPS) is 11.7. The molecule has 1 aromatic heterocycles. The lowest BCUT2D eigenvalue weighted by atomic mass is 9.76. The van der Waals surface area contributed by atoms with E-state index in [1.54, 1.807) is 0 Å². The van der Waals surface area contributed by atoms with Crippen LogP contribution in [0.25, 0.3) is 0 Å². The zero-order valence-corrected chi connectivity index (χ0v) is 9.09. The largest absolute Gasteiger partial charge is 0.264 e. The predicted octanol–water partition coefficient (Wildman–Crippen LogP) is 3.47. The summed E-state index contributed by atoms with van der Waals surface area (Å²) in [6.07, 6.45) is 6.23. The van der Waals surface area contributed by atoms with Crippen molar-refractivity contribution in [1.82, 2.24) is 4.98 Å². The van der Waals surface area contributed by atoms with Crippen LogP contribution in [0.15, 0.2) is 18.5 Å². The van der Waals surface area contributed by atoms with Gasteiger partial charge in [0.1, 0.15) is 0 Å². The van der Waals surface area contributed by atoms with Gasteiger partial charge in [-0.25, -0.2) is 0 Å². The Balaban J connectivity index is 3.12. The second-order valence-corrected chi connectivity index (χ2v) is 3.96. The highest BCUT2D eigenvalue weighted by Crippen LogP contribution is 2.32. The van der Waals surface area contributed by atoms with Crippen molar-refractivity contribution in [3.63, 3.8) is 0 Å². The van der Waals surface area contributed by atoms with Crippen LogP contribution >= 0.6 is 0 Å². The summed E-state index contributed by atoms with van der Waals surface area (Å²) in [6, 6.07) is 2.16. The van der Waals surface area contributed by atoms with Crippen LogP contribution in [0.4, 0.5) is 0 Å². The lowest BCUT2D eigenvalue weighted by Gasteiger charge is -2.28. The third-order valence-electron chi connectivity index (χ3n) is 3.23.